The molecule has 1 saturated heterocycles. The van der Waals surface area contributed by atoms with Crippen LogP contribution in [-0.2, 0) is 9.53 Å². The van der Waals surface area contributed by atoms with E-state index in [1.165, 1.54) is 13.3 Å². The molecule has 5 nitrogen and oxygen atoms in total. The lowest BCUT2D eigenvalue weighted by molar-refractivity contribution is -0.117. The Bertz CT molecular complexity index is 414. The minimum atomic E-state index is -0.473. The van der Waals surface area contributed by atoms with Gasteiger partial charge in [-0.2, -0.15) is 0 Å². The molecule has 2 rings (SSSR count). The van der Waals surface area contributed by atoms with Gasteiger partial charge in [0, 0.05) is 13.0 Å². The number of carbonyl (C=O) groups is 2. The zero-order chi connectivity index (χ0) is 11.5. The van der Waals surface area contributed by atoms with Gasteiger partial charge in [-0.05, 0) is 18.6 Å². The molecule has 1 aromatic rings. The standard InChI is InChI=1S/C11H12N2O3/c1-16-11(15)9-5-4-8(7-12-9)13-6-2-3-10(13)14/h4-5,7H,2-3,6H2,1H3. The smallest absolute Gasteiger partial charge is 0.356 e. The van der Waals surface area contributed by atoms with E-state index < -0.39 is 5.97 Å². The normalized spacial score (nSPS) is 15.3. The van der Waals surface area contributed by atoms with Crippen LogP contribution in [0.5, 0.6) is 0 Å². The summed E-state index contributed by atoms with van der Waals surface area (Å²) in [5.41, 5.74) is 0.980. The van der Waals surface area contributed by atoms with Gasteiger partial charge >= 0.3 is 5.97 Å². The molecule has 0 aromatic carbocycles. The predicted octanol–water partition coefficient (Wildman–Crippen LogP) is 0.995. The first-order valence-corrected chi connectivity index (χ1v) is 5.07. The fourth-order valence-corrected chi connectivity index (χ4v) is 1.69. The highest BCUT2D eigenvalue weighted by Gasteiger charge is 2.22. The van der Waals surface area contributed by atoms with Crippen LogP contribution in [0.3, 0.4) is 0 Å². The average Bonchev–Trinajstić information content (AvgIpc) is 2.75. The van der Waals surface area contributed by atoms with Crippen LogP contribution in [0.4, 0.5) is 5.69 Å². The maximum Gasteiger partial charge on any atom is 0.356 e. The van der Waals surface area contributed by atoms with Crippen LogP contribution < -0.4 is 4.90 Å². The van der Waals surface area contributed by atoms with E-state index in [1.54, 1.807) is 17.0 Å². The number of hydrogen-bond acceptors (Lipinski definition) is 4. The van der Waals surface area contributed by atoms with Crippen LogP contribution in [0.1, 0.15) is 23.3 Å². The van der Waals surface area contributed by atoms with E-state index in [2.05, 4.69) is 9.72 Å². The van der Waals surface area contributed by atoms with Crippen LogP contribution in [0.25, 0.3) is 0 Å². The first-order chi connectivity index (χ1) is 7.72. The minimum Gasteiger partial charge on any atom is -0.464 e. The summed E-state index contributed by atoms with van der Waals surface area (Å²) in [6.45, 7) is 0.720. The predicted molar refractivity (Wildman–Crippen MR) is 57.2 cm³/mol. The first kappa shape index (κ1) is 10.6. The van der Waals surface area contributed by atoms with Gasteiger partial charge < -0.3 is 9.64 Å². The molecule has 5 heteroatoms. The van der Waals surface area contributed by atoms with Gasteiger partial charge in [0.15, 0.2) is 0 Å². The highest BCUT2D eigenvalue weighted by molar-refractivity contribution is 5.95. The molecule has 0 bridgehead atoms. The number of amides is 1. The van der Waals surface area contributed by atoms with Gasteiger partial charge in [-0.1, -0.05) is 0 Å². The molecular formula is C11H12N2O3. The number of aromatic nitrogens is 1. The average molecular weight is 220 g/mol. The molecule has 0 spiro atoms. The second-order valence-corrected chi connectivity index (χ2v) is 3.54. The third-order valence-corrected chi connectivity index (χ3v) is 2.53. The number of rotatable bonds is 2. The van der Waals surface area contributed by atoms with Gasteiger partial charge in [-0.3, -0.25) is 4.79 Å². The maximum absolute atomic E-state index is 11.5. The number of esters is 1. The quantitative estimate of drug-likeness (QED) is 0.697. The van der Waals surface area contributed by atoms with Crippen LogP contribution >= 0.6 is 0 Å². The van der Waals surface area contributed by atoms with Crippen molar-refractivity contribution >= 4 is 17.6 Å². The number of methoxy groups -OCH3 is 1. The van der Waals surface area contributed by atoms with E-state index in [-0.39, 0.29) is 11.6 Å². The lowest BCUT2D eigenvalue weighted by atomic mass is 10.3. The number of anilines is 1. The number of nitrogens with zero attached hydrogens (tertiary/aromatic N) is 2. The number of hydrogen-bond donors (Lipinski definition) is 0. The Morgan fingerprint density at radius 3 is 2.81 bits per heavy atom. The molecule has 0 unspecified atom stereocenters. The van der Waals surface area contributed by atoms with Crippen molar-refractivity contribution in [1.82, 2.24) is 4.98 Å². The number of pyridine rings is 1. The summed E-state index contributed by atoms with van der Waals surface area (Å²) >= 11 is 0. The van der Waals surface area contributed by atoms with E-state index in [0.29, 0.717) is 6.42 Å². The fourth-order valence-electron chi connectivity index (χ4n) is 1.69. The van der Waals surface area contributed by atoms with Gasteiger partial charge in [0.2, 0.25) is 5.91 Å². The van der Waals surface area contributed by atoms with Crippen molar-refractivity contribution in [3.8, 4) is 0 Å². The topological polar surface area (TPSA) is 59.5 Å². The van der Waals surface area contributed by atoms with E-state index in [0.717, 1.165) is 18.7 Å². The maximum atomic E-state index is 11.5. The van der Waals surface area contributed by atoms with Gasteiger partial charge in [0.25, 0.3) is 0 Å². The summed E-state index contributed by atoms with van der Waals surface area (Å²) in [7, 11) is 1.31. The second-order valence-electron chi connectivity index (χ2n) is 3.54. The Labute approximate surface area is 93.0 Å². The summed E-state index contributed by atoms with van der Waals surface area (Å²) in [5.74, 6) is -0.369. The molecule has 16 heavy (non-hydrogen) atoms. The summed E-state index contributed by atoms with van der Waals surface area (Å²) in [6, 6.07) is 3.27. The molecular weight excluding hydrogens is 208 g/mol. The van der Waals surface area contributed by atoms with Crippen molar-refractivity contribution in [2.24, 2.45) is 0 Å². The fraction of sp³-hybridized carbons (Fsp3) is 0.364. The molecule has 0 atom stereocenters. The Balaban J connectivity index is 2.19. The van der Waals surface area contributed by atoms with Gasteiger partial charge in [0.05, 0.1) is 19.0 Å². The van der Waals surface area contributed by atoms with Gasteiger partial charge in [0.1, 0.15) is 5.69 Å². The van der Waals surface area contributed by atoms with Crippen LogP contribution in [0.15, 0.2) is 18.3 Å². The summed E-state index contributed by atoms with van der Waals surface area (Å²) in [6.07, 6.45) is 2.98. The highest BCUT2D eigenvalue weighted by atomic mass is 16.5. The summed E-state index contributed by atoms with van der Waals surface area (Å²) in [5, 5.41) is 0. The zero-order valence-corrected chi connectivity index (χ0v) is 8.97. The van der Waals surface area contributed by atoms with Gasteiger partial charge in [-0.15, -0.1) is 0 Å². The van der Waals surface area contributed by atoms with Crippen LogP contribution in [-0.4, -0.2) is 30.5 Å². The first-order valence-electron chi connectivity index (χ1n) is 5.07. The van der Waals surface area contributed by atoms with Crippen molar-refractivity contribution in [2.45, 2.75) is 12.8 Å². The monoisotopic (exact) mass is 220 g/mol. The number of carbonyl (C=O) groups excluding carboxylic acids is 2. The summed E-state index contributed by atoms with van der Waals surface area (Å²) in [4.78, 5) is 28.2. The molecule has 0 radical (unpaired) electrons. The van der Waals surface area contributed by atoms with Crippen LogP contribution in [0, 0.1) is 0 Å². The third kappa shape index (κ3) is 1.88. The van der Waals surface area contributed by atoms with E-state index in [9.17, 15) is 9.59 Å². The van der Waals surface area contributed by atoms with Crippen molar-refractivity contribution in [1.29, 1.82) is 0 Å². The third-order valence-electron chi connectivity index (χ3n) is 2.53. The Morgan fingerprint density at radius 2 is 2.31 bits per heavy atom. The number of ether oxygens (including phenoxy) is 1. The highest BCUT2D eigenvalue weighted by Crippen LogP contribution is 2.20. The Kier molecular flexibility index (Phi) is 2.85. The Hall–Kier alpha value is -1.91. The van der Waals surface area contributed by atoms with E-state index in [4.69, 9.17) is 0 Å². The summed E-state index contributed by atoms with van der Waals surface area (Å²) < 4.78 is 4.54. The van der Waals surface area contributed by atoms with Gasteiger partial charge in [-0.25, -0.2) is 9.78 Å². The molecule has 1 fully saturated rings. The molecule has 84 valence electrons. The zero-order valence-electron chi connectivity index (χ0n) is 8.97. The molecule has 1 aliphatic rings. The van der Waals surface area contributed by atoms with Crippen molar-refractivity contribution < 1.29 is 14.3 Å². The molecule has 0 aliphatic carbocycles. The molecule has 1 amide bonds. The second kappa shape index (κ2) is 4.30. The molecule has 2 heterocycles. The lowest BCUT2D eigenvalue weighted by Gasteiger charge is -2.14. The molecule has 0 N–H and O–H groups in total. The SMILES string of the molecule is COC(=O)c1ccc(N2CCCC2=O)cn1. The van der Waals surface area contributed by atoms with E-state index >= 15 is 0 Å². The Morgan fingerprint density at radius 1 is 1.50 bits per heavy atom. The molecule has 1 aromatic heterocycles. The minimum absolute atomic E-state index is 0.104. The molecule has 1 aliphatic heterocycles. The largest absolute Gasteiger partial charge is 0.464 e. The van der Waals surface area contributed by atoms with Crippen molar-refractivity contribution in [3.05, 3.63) is 24.0 Å². The van der Waals surface area contributed by atoms with E-state index in [1.807, 2.05) is 0 Å². The van der Waals surface area contributed by atoms with Crippen LogP contribution in [0.2, 0.25) is 0 Å². The van der Waals surface area contributed by atoms with Crippen molar-refractivity contribution in [3.63, 3.8) is 0 Å². The molecule has 0 saturated carbocycles. The van der Waals surface area contributed by atoms with Crippen molar-refractivity contribution in [2.75, 3.05) is 18.6 Å². The lowest BCUT2D eigenvalue weighted by Crippen LogP contribution is -2.23.